The molecule has 33 heavy (non-hydrogen) atoms. The molecule has 6 heteroatoms. The molecule has 0 amide bonds. The maximum atomic E-state index is 14.8. The summed E-state index contributed by atoms with van der Waals surface area (Å²) in [4.78, 5) is 30.5. The highest BCUT2D eigenvalue weighted by molar-refractivity contribution is 6.30. The molecule has 4 aliphatic heterocycles. The van der Waals surface area contributed by atoms with E-state index in [1.807, 2.05) is 18.2 Å². The van der Waals surface area contributed by atoms with Gasteiger partial charge in [0.05, 0.1) is 30.7 Å². The summed E-state index contributed by atoms with van der Waals surface area (Å²) >= 11 is 6.32. The van der Waals surface area contributed by atoms with Crippen LogP contribution in [0.5, 0.6) is 0 Å². The fourth-order valence-corrected chi connectivity index (χ4v) is 9.52. The predicted molar refractivity (Wildman–Crippen MR) is 123 cm³/mol. The van der Waals surface area contributed by atoms with Crippen molar-refractivity contribution in [2.75, 3.05) is 11.5 Å². The second-order valence-corrected chi connectivity index (χ2v) is 12.2. The Morgan fingerprint density at radius 1 is 1.09 bits per heavy atom. The van der Waals surface area contributed by atoms with Gasteiger partial charge in [-0.1, -0.05) is 23.8 Å². The molecular weight excluding hydrogens is 438 g/mol. The summed E-state index contributed by atoms with van der Waals surface area (Å²) in [6.07, 6.45) is 10.2. The fourth-order valence-electron chi connectivity index (χ4n) is 9.33. The van der Waals surface area contributed by atoms with Gasteiger partial charge in [0.1, 0.15) is 0 Å². The summed E-state index contributed by atoms with van der Waals surface area (Å²) in [6, 6.07) is 5.42. The number of Topliss-reactive ketones (excluding diaryl/α,β-unsaturated/α-hetero) is 2. The number of fused-ring (bicyclic) bond motifs is 8. The third-order valence-electron chi connectivity index (χ3n) is 10.0. The van der Waals surface area contributed by atoms with Crippen LogP contribution in [-0.4, -0.2) is 42.7 Å². The van der Waals surface area contributed by atoms with Gasteiger partial charge in [-0.25, -0.2) is 0 Å². The minimum atomic E-state index is -0.772. The minimum absolute atomic E-state index is 0.00613. The van der Waals surface area contributed by atoms with Crippen molar-refractivity contribution in [3.63, 3.8) is 0 Å². The second-order valence-electron chi connectivity index (χ2n) is 11.8. The van der Waals surface area contributed by atoms with Crippen LogP contribution in [0.4, 0.5) is 5.69 Å². The lowest BCUT2D eigenvalue weighted by atomic mass is 9.47. The number of rotatable bonds is 2. The zero-order chi connectivity index (χ0) is 22.1. The molecule has 0 N–H and O–H groups in total. The standard InChI is InChI=1S/C27H28ClNO4/c28-17-2-4-18-16(8-17)1-3-19-21-22(20-12-32-26(33-20)24(21)30)23(29(18)19)25(31)27-9-13-5-14(10-27)7-15(6-13)11-27/h1-4,8,13-15,19-23,26H,5-7,9-12H2/t13?,14?,15?,19-,20+,21-,22-,23+,26+,27?/m1/s1. The molecule has 172 valence electrons. The zero-order valence-electron chi connectivity index (χ0n) is 18.5. The number of hydrogen-bond acceptors (Lipinski definition) is 5. The molecule has 0 spiro atoms. The molecule has 4 heterocycles. The van der Waals surface area contributed by atoms with Gasteiger partial charge in [-0.3, -0.25) is 9.59 Å². The van der Waals surface area contributed by atoms with E-state index in [0.29, 0.717) is 35.2 Å². The number of nitrogens with zero attached hydrogens (tertiary/aromatic N) is 1. The van der Waals surface area contributed by atoms with Crippen LogP contribution in [0.3, 0.4) is 0 Å². The van der Waals surface area contributed by atoms with E-state index in [1.54, 1.807) is 0 Å². The summed E-state index contributed by atoms with van der Waals surface area (Å²) in [6.45, 7) is 0.403. The summed E-state index contributed by atoms with van der Waals surface area (Å²) in [7, 11) is 0. The molecule has 7 fully saturated rings. The number of anilines is 1. The van der Waals surface area contributed by atoms with Crippen LogP contribution >= 0.6 is 11.6 Å². The van der Waals surface area contributed by atoms with E-state index >= 15 is 0 Å². The third kappa shape index (κ3) is 2.51. The topological polar surface area (TPSA) is 55.8 Å². The monoisotopic (exact) mass is 465 g/mol. The molecule has 1 aromatic rings. The molecule has 3 saturated heterocycles. The summed E-state index contributed by atoms with van der Waals surface area (Å²) in [5.74, 6) is 2.05. The largest absolute Gasteiger partial charge is 0.353 e. The quantitative estimate of drug-likeness (QED) is 0.653. The normalized spacial score (nSPS) is 48.1. The van der Waals surface area contributed by atoms with Crippen LogP contribution in [0.2, 0.25) is 5.02 Å². The number of halogens is 1. The van der Waals surface area contributed by atoms with E-state index in [-0.39, 0.29) is 41.2 Å². The van der Waals surface area contributed by atoms with Crippen molar-refractivity contribution in [2.24, 2.45) is 35.0 Å². The van der Waals surface area contributed by atoms with Crippen LogP contribution in [0.25, 0.3) is 6.08 Å². The van der Waals surface area contributed by atoms with E-state index < -0.39 is 6.29 Å². The van der Waals surface area contributed by atoms with Gasteiger partial charge in [0.2, 0.25) is 6.29 Å². The van der Waals surface area contributed by atoms with Crippen molar-refractivity contribution >= 4 is 34.9 Å². The molecule has 0 aromatic heterocycles. The Hall–Kier alpha value is -1.69. The lowest BCUT2D eigenvalue weighted by Crippen LogP contribution is -2.58. The Morgan fingerprint density at radius 2 is 1.82 bits per heavy atom. The average molecular weight is 466 g/mol. The summed E-state index contributed by atoms with van der Waals surface area (Å²) < 4.78 is 11.8. The number of hydrogen-bond donors (Lipinski definition) is 0. The lowest BCUT2D eigenvalue weighted by Gasteiger charge is -2.57. The molecule has 6 atom stereocenters. The molecule has 0 radical (unpaired) electrons. The molecule has 1 aromatic carbocycles. The molecule has 8 aliphatic rings. The Balaban J connectivity index is 1.28. The number of carbonyl (C=O) groups excluding carboxylic acids is 2. The maximum absolute atomic E-state index is 14.8. The number of benzene rings is 1. The fraction of sp³-hybridized carbons (Fsp3) is 0.630. The third-order valence-corrected chi connectivity index (χ3v) is 10.3. The van der Waals surface area contributed by atoms with E-state index in [4.69, 9.17) is 21.1 Å². The predicted octanol–water partition coefficient (Wildman–Crippen LogP) is 4.27. The van der Waals surface area contributed by atoms with Crippen molar-refractivity contribution in [3.05, 3.63) is 34.9 Å². The molecular formula is C27H28ClNO4. The molecule has 0 unspecified atom stereocenters. The smallest absolute Gasteiger partial charge is 0.218 e. The van der Waals surface area contributed by atoms with Gasteiger partial charge in [-0.05, 0) is 80.0 Å². The Labute approximate surface area is 198 Å². The number of ether oxygens (including phenoxy) is 2. The van der Waals surface area contributed by atoms with Gasteiger partial charge in [0, 0.05) is 22.0 Å². The summed E-state index contributed by atoms with van der Waals surface area (Å²) in [5, 5.41) is 0.685. The van der Waals surface area contributed by atoms with Gasteiger partial charge in [-0.15, -0.1) is 0 Å². The molecule has 5 nitrogen and oxygen atoms in total. The highest BCUT2D eigenvalue weighted by Gasteiger charge is 2.66. The van der Waals surface area contributed by atoms with Gasteiger partial charge < -0.3 is 14.4 Å². The molecule has 9 rings (SSSR count). The highest BCUT2D eigenvalue weighted by atomic mass is 35.5. The van der Waals surface area contributed by atoms with Gasteiger partial charge in [0.15, 0.2) is 11.6 Å². The maximum Gasteiger partial charge on any atom is 0.218 e. The van der Waals surface area contributed by atoms with Gasteiger partial charge >= 0.3 is 0 Å². The lowest BCUT2D eigenvalue weighted by molar-refractivity contribution is -0.166. The van der Waals surface area contributed by atoms with Gasteiger partial charge in [0.25, 0.3) is 0 Å². The Bertz CT molecular complexity index is 1080. The first-order chi connectivity index (χ1) is 16.0. The van der Waals surface area contributed by atoms with Gasteiger partial charge in [-0.2, -0.15) is 0 Å². The van der Waals surface area contributed by atoms with E-state index in [1.165, 1.54) is 19.3 Å². The Morgan fingerprint density at radius 3 is 2.55 bits per heavy atom. The van der Waals surface area contributed by atoms with Crippen molar-refractivity contribution in [1.29, 1.82) is 0 Å². The van der Waals surface area contributed by atoms with E-state index in [0.717, 1.165) is 30.5 Å². The summed E-state index contributed by atoms with van der Waals surface area (Å²) in [5.41, 5.74) is 1.82. The molecule has 6 bridgehead atoms. The molecule has 4 saturated carbocycles. The van der Waals surface area contributed by atoms with Crippen LogP contribution < -0.4 is 4.90 Å². The number of ketones is 2. The second kappa shape index (κ2) is 6.50. The van der Waals surface area contributed by atoms with Crippen LogP contribution in [0.15, 0.2) is 24.3 Å². The first-order valence-electron chi connectivity index (χ1n) is 12.6. The van der Waals surface area contributed by atoms with Crippen molar-refractivity contribution in [1.82, 2.24) is 0 Å². The first-order valence-corrected chi connectivity index (χ1v) is 13.0. The number of carbonyl (C=O) groups is 2. The van der Waals surface area contributed by atoms with Crippen molar-refractivity contribution in [3.8, 4) is 0 Å². The zero-order valence-corrected chi connectivity index (χ0v) is 19.2. The minimum Gasteiger partial charge on any atom is -0.353 e. The molecule has 4 aliphatic carbocycles. The highest BCUT2D eigenvalue weighted by Crippen LogP contribution is 2.62. The average Bonchev–Trinajstić information content (AvgIpc) is 3.37. The van der Waals surface area contributed by atoms with E-state index in [9.17, 15) is 9.59 Å². The Kier molecular flexibility index (Phi) is 3.86. The van der Waals surface area contributed by atoms with Crippen LogP contribution in [0, 0.1) is 35.0 Å². The van der Waals surface area contributed by atoms with E-state index in [2.05, 4.69) is 17.1 Å². The SMILES string of the molecule is O=C1[C@H]2OC[C@H](O2)[C@@H]2[C@H]1[C@H]1C=Cc3cc(Cl)ccc3N1[C@@H]2C(=O)C12CC3CC(CC(C3)C1)C2. The van der Waals surface area contributed by atoms with Crippen molar-refractivity contribution < 1.29 is 19.1 Å². The van der Waals surface area contributed by atoms with Crippen molar-refractivity contribution in [2.45, 2.75) is 63.0 Å². The van der Waals surface area contributed by atoms with Crippen LogP contribution in [-0.2, 0) is 19.1 Å². The first kappa shape index (κ1) is 19.6. The van der Waals surface area contributed by atoms with Crippen LogP contribution in [0.1, 0.15) is 44.1 Å².